The summed E-state index contributed by atoms with van der Waals surface area (Å²) in [5.41, 5.74) is 2.82. The minimum atomic E-state index is -0.00890. The Bertz CT molecular complexity index is 517. The van der Waals surface area contributed by atoms with E-state index in [9.17, 15) is 4.79 Å². The second-order valence-electron chi connectivity index (χ2n) is 5.46. The number of nitrogens with zero attached hydrogens (tertiary/aromatic N) is 2. The highest BCUT2D eigenvalue weighted by atomic mass is 16.2. The number of nitrogens with one attached hydrogen (secondary N) is 1. The Labute approximate surface area is 127 Å². The Morgan fingerprint density at radius 1 is 1.43 bits per heavy atom. The van der Waals surface area contributed by atoms with Crippen molar-refractivity contribution in [1.29, 1.82) is 5.26 Å². The number of benzene rings is 1. The van der Waals surface area contributed by atoms with Gasteiger partial charge >= 0.3 is 0 Å². The van der Waals surface area contributed by atoms with Gasteiger partial charge in [-0.1, -0.05) is 6.92 Å². The standard InChI is InChI=1S/C17H25N3O/c1-5-10-19-16-8-7-15(12-14(16)4)17(21)20(13(2)3)11-6-9-18/h7-8,12-13,19H,5-6,10-11H2,1-4H3. The number of hydrogen-bond acceptors (Lipinski definition) is 3. The van der Waals surface area contributed by atoms with Crippen molar-refractivity contribution in [1.82, 2.24) is 4.90 Å². The van der Waals surface area contributed by atoms with Gasteiger partial charge in [0, 0.05) is 30.4 Å². The topological polar surface area (TPSA) is 56.1 Å². The Morgan fingerprint density at radius 3 is 2.67 bits per heavy atom. The minimum Gasteiger partial charge on any atom is -0.385 e. The second kappa shape index (κ2) is 8.31. The van der Waals surface area contributed by atoms with Crippen LogP contribution in [0, 0.1) is 18.3 Å². The van der Waals surface area contributed by atoms with Gasteiger partial charge in [-0.25, -0.2) is 0 Å². The Balaban J connectivity index is 2.90. The van der Waals surface area contributed by atoms with E-state index in [0.29, 0.717) is 18.5 Å². The van der Waals surface area contributed by atoms with Crippen LogP contribution in [0.1, 0.15) is 49.5 Å². The largest absolute Gasteiger partial charge is 0.385 e. The summed E-state index contributed by atoms with van der Waals surface area (Å²) in [6.07, 6.45) is 1.43. The summed E-state index contributed by atoms with van der Waals surface area (Å²) in [5.74, 6) is -0.00890. The van der Waals surface area contributed by atoms with Crippen LogP contribution >= 0.6 is 0 Å². The van der Waals surface area contributed by atoms with Gasteiger partial charge in [0.05, 0.1) is 12.5 Å². The summed E-state index contributed by atoms with van der Waals surface area (Å²) >= 11 is 0. The predicted molar refractivity (Wildman–Crippen MR) is 86.4 cm³/mol. The second-order valence-corrected chi connectivity index (χ2v) is 5.46. The van der Waals surface area contributed by atoms with E-state index in [2.05, 4.69) is 18.3 Å². The Kier molecular flexibility index (Phi) is 6.74. The molecule has 0 spiro atoms. The van der Waals surface area contributed by atoms with E-state index in [4.69, 9.17) is 5.26 Å². The zero-order valence-electron chi connectivity index (χ0n) is 13.4. The van der Waals surface area contributed by atoms with Crippen LogP contribution in [-0.4, -0.2) is 29.9 Å². The van der Waals surface area contributed by atoms with Gasteiger partial charge in [0.2, 0.25) is 0 Å². The molecule has 0 unspecified atom stereocenters. The lowest BCUT2D eigenvalue weighted by molar-refractivity contribution is 0.0710. The summed E-state index contributed by atoms with van der Waals surface area (Å²) in [7, 11) is 0. The third kappa shape index (κ3) is 4.78. The fourth-order valence-electron chi connectivity index (χ4n) is 2.19. The maximum atomic E-state index is 12.6. The highest BCUT2D eigenvalue weighted by Crippen LogP contribution is 2.18. The molecular formula is C17H25N3O. The molecule has 0 aliphatic carbocycles. The number of anilines is 1. The van der Waals surface area contributed by atoms with Crippen LogP contribution in [0.4, 0.5) is 5.69 Å². The number of nitriles is 1. The number of carbonyl (C=O) groups is 1. The van der Waals surface area contributed by atoms with Gasteiger partial charge in [-0.2, -0.15) is 5.26 Å². The van der Waals surface area contributed by atoms with Gasteiger partial charge in [-0.15, -0.1) is 0 Å². The molecule has 1 aromatic carbocycles. The van der Waals surface area contributed by atoms with E-state index >= 15 is 0 Å². The SMILES string of the molecule is CCCNc1ccc(C(=O)N(CCC#N)C(C)C)cc1C. The first-order valence-corrected chi connectivity index (χ1v) is 7.53. The van der Waals surface area contributed by atoms with Gasteiger partial charge in [0.1, 0.15) is 0 Å². The molecule has 4 heteroatoms. The lowest BCUT2D eigenvalue weighted by Gasteiger charge is -2.26. The first kappa shape index (κ1) is 17.0. The van der Waals surface area contributed by atoms with Gasteiger partial charge in [-0.3, -0.25) is 4.79 Å². The maximum absolute atomic E-state index is 12.6. The smallest absolute Gasteiger partial charge is 0.254 e. The van der Waals surface area contributed by atoms with Crippen molar-refractivity contribution in [3.05, 3.63) is 29.3 Å². The van der Waals surface area contributed by atoms with Crippen molar-refractivity contribution < 1.29 is 4.79 Å². The molecule has 0 fully saturated rings. The lowest BCUT2D eigenvalue weighted by Crippen LogP contribution is -2.37. The molecule has 4 nitrogen and oxygen atoms in total. The molecule has 0 saturated heterocycles. The zero-order valence-corrected chi connectivity index (χ0v) is 13.4. The van der Waals surface area contributed by atoms with Crippen molar-refractivity contribution in [3.8, 4) is 6.07 Å². The van der Waals surface area contributed by atoms with Crippen LogP contribution in [0.25, 0.3) is 0 Å². The molecule has 0 atom stereocenters. The van der Waals surface area contributed by atoms with E-state index in [1.54, 1.807) is 4.90 Å². The van der Waals surface area contributed by atoms with Crippen LogP contribution < -0.4 is 5.32 Å². The number of rotatable bonds is 7. The summed E-state index contributed by atoms with van der Waals surface area (Å²) in [5, 5.41) is 12.1. The summed E-state index contributed by atoms with van der Waals surface area (Å²) in [6, 6.07) is 7.92. The van der Waals surface area contributed by atoms with Crippen LogP contribution in [0.5, 0.6) is 0 Å². The van der Waals surface area contributed by atoms with E-state index < -0.39 is 0 Å². The van der Waals surface area contributed by atoms with Crippen molar-refractivity contribution in [3.63, 3.8) is 0 Å². The van der Waals surface area contributed by atoms with Crippen molar-refractivity contribution in [2.24, 2.45) is 0 Å². The third-order valence-electron chi connectivity index (χ3n) is 3.39. The summed E-state index contributed by atoms with van der Waals surface area (Å²) in [6.45, 7) is 9.47. The zero-order chi connectivity index (χ0) is 15.8. The normalized spacial score (nSPS) is 10.3. The van der Waals surface area contributed by atoms with E-state index in [1.165, 1.54) is 0 Å². The molecular weight excluding hydrogens is 262 g/mol. The van der Waals surface area contributed by atoms with Crippen molar-refractivity contribution in [2.45, 2.75) is 46.6 Å². The minimum absolute atomic E-state index is 0.00890. The number of aryl methyl sites for hydroxylation is 1. The monoisotopic (exact) mass is 287 g/mol. The van der Waals surface area contributed by atoms with Crippen molar-refractivity contribution >= 4 is 11.6 Å². The maximum Gasteiger partial charge on any atom is 0.254 e. The first-order chi connectivity index (χ1) is 10.0. The predicted octanol–water partition coefficient (Wildman–Crippen LogP) is 3.58. The molecule has 0 bridgehead atoms. The lowest BCUT2D eigenvalue weighted by atomic mass is 10.1. The van der Waals surface area contributed by atoms with Gasteiger partial charge < -0.3 is 10.2 Å². The van der Waals surface area contributed by atoms with Crippen molar-refractivity contribution in [2.75, 3.05) is 18.4 Å². The van der Waals surface area contributed by atoms with Crippen LogP contribution in [0.15, 0.2) is 18.2 Å². The molecule has 1 amide bonds. The number of hydrogen-bond donors (Lipinski definition) is 1. The van der Waals surface area contributed by atoms with Crippen LogP contribution in [0.2, 0.25) is 0 Å². The summed E-state index contributed by atoms with van der Waals surface area (Å²) < 4.78 is 0. The fourth-order valence-corrected chi connectivity index (χ4v) is 2.19. The number of carbonyl (C=O) groups excluding carboxylic acids is 1. The van der Waals surface area contributed by atoms with E-state index in [0.717, 1.165) is 24.2 Å². The molecule has 0 radical (unpaired) electrons. The average Bonchev–Trinajstić information content (AvgIpc) is 2.45. The fraction of sp³-hybridized carbons (Fsp3) is 0.529. The molecule has 0 heterocycles. The average molecular weight is 287 g/mol. The molecule has 1 N–H and O–H groups in total. The molecule has 0 aliphatic rings. The number of amides is 1. The van der Waals surface area contributed by atoms with Gasteiger partial charge in [0.25, 0.3) is 5.91 Å². The molecule has 1 rings (SSSR count). The molecule has 114 valence electrons. The van der Waals surface area contributed by atoms with Crippen LogP contribution in [0.3, 0.4) is 0 Å². The highest BCUT2D eigenvalue weighted by Gasteiger charge is 2.18. The Hall–Kier alpha value is -2.02. The Morgan fingerprint density at radius 2 is 2.14 bits per heavy atom. The molecule has 21 heavy (non-hydrogen) atoms. The van der Waals surface area contributed by atoms with Gasteiger partial charge in [0.15, 0.2) is 0 Å². The molecule has 0 aromatic heterocycles. The third-order valence-corrected chi connectivity index (χ3v) is 3.39. The molecule has 1 aromatic rings. The van der Waals surface area contributed by atoms with E-state index in [1.807, 2.05) is 39.0 Å². The quantitative estimate of drug-likeness (QED) is 0.834. The first-order valence-electron chi connectivity index (χ1n) is 7.53. The summed E-state index contributed by atoms with van der Waals surface area (Å²) in [4.78, 5) is 14.3. The van der Waals surface area contributed by atoms with E-state index in [-0.39, 0.29) is 11.9 Å². The van der Waals surface area contributed by atoms with Crippen LogP contribution in [-0.2, 0) is 0 Å². The molecule has 0 aliphatic heterocycles. The van der Waals surface area contributed by atoms with Gasteiger partial charge in [-0.05, 0) is 51.0 Å². The molecule has 0 saturated carbocycles. The highest BCUT2D eigenvalue weighted by molar-refractivity contribution is 5.95.